The Balaban J connectivity index is 1.99. The number of rotatable bonds is 1. The molecule has 0 saturated heterocycles. The van der Waals surface area contributed by atoms with Gasteiger partial charge in [0.2, 0.25) is 0 Å². The molecule has 2 rings (SSSR count). The van der Waals surface area contributed by atoms with Gasteiger partial charge in [-0.05, 0) is 36.5 Å². The van der Waals surface area contributed by atoms with E-state index in [1.165, 1.54) is 12.8 Å². The van der Waals surface area contributed by atoms with E-state index in [1.54, 1.807) is 0 Å². The van der Waals surface area contributed by atoms with Gasteiger partial charge in [0.15, 0.2) is 0 Å². The van der Waals surface area contributed by atoms with Crippen LogP contribution in [0.5, 0.6) is 0 Å². The van der Waals surface area contributed by atoms with Crippen LogP contribution in [0, 0.1) is 23.7 Å². The molecule has 0 amide bonds. The largest absolute Gasteiger partial charge is 0.327 e. The molecule has 10 heavy (non-hydrogen) atoms. The summed E-state index contributed by atoms with van der Waals surface area (Å²) in [6.45, 7) is 4.61. The molecule has 0 heterocycles. The molecule has 0 aromatic carbocycles. The van der Waals surface area contributed by atoms with E-state index in [1.807, 2.05) is 0 Å². The van der Waals surface area contributed by atoms with Crippen molar-refractivity contribution < 1.29 is 0 Å². The van der Waals surface area contributed by atoms with Crippen LogP contribution in [-0.4, -0.2) is 6.04 Å². The second-order valence-electron chi connectivity index (χ2n) is 4.30. The fourth-order valence-electron chi connectivity index (χ4n) is 2.87. The Morgan fingerprint density at radius 2 is 1.80 bits per heavy atom. The minimum atomic E-state index is 0.554. The van der Waals surface area contributed by atoms with E-state index in [-0.39, 0.29) is 0 Å². The molecule has 0 aromatic rings. The lowest BCUT2D eigenvalue weighted by Gasteiger charge is -2.59. The third-order valence-corrected chi connectivity index (χ3v) is 3.59. The first-order valence-electron chi connectivity index (χ1n) is 4.47. The Labute approximate surface area is 63.0 Å². The number of hydrogen-bond donors (Lipinski definition) is 1. The van der Waals surface area contributed by atoms with Crippen molar-refractivity contribution in [2.75, 3.05) is 0 Å². The first-order valence-corrected chi connectivity index (χ1v) is 4.47. The van der Waals surface area contributed by atoms with Crippen LogP contribution < -0.4 is 5.73 Å². The van der Waals surface area contributed by atoms with Crippen LogP contribution in [0.15, 0.2) is 0 Å². The molecular formula is C9H17N. The molecular weight excluding hydrogens is 122 g/mol. The molecule has 0 aromatic heterocycles. The summed E-state index contributed by atoms with van der Waals surface area (Å²) < 4.78 is 0. The maximum Gasteiger partial charge on any atom is 0.0104 e. The predicted molar refractivity (Wildman–Crippen MR) is 42.5 cm³/mol. The molecule has 1 unspecified atom stereocenters. The van der Waals surface area contributed by atoms with Crippen LogP contribution >= 0.6 is 0 Å². The highest BCUT2D eigenvalue weighted by Crippen LogP contribution is 2.55. The van der Waals surface area contributed by atoms with Crippen molar-refractivity contribution in [1.29, 1.82) is 0 Å². The minimum absolute atomic E-state index is 0.554. The quantitative estimate of drug-likeness (QED) is 0.587. The lowest BCUT2D eigenvalue weighted by molar-refractivity contribution is -0.0756. The van der Waals surface area contributed by atoms with Gasteiger partial charge in [-0.1, -0.05) is 13.8 Å². The third-order valence-electron chi connectivity index (χ3n) is 3.59. The molecule has 0 radical (unpaired) electrons. The monoisotopic (exact) mass is 139 g/mol. The van der Waals surface area contributed by atoms with Crippen molar-refractivity contribution in [2.45, 2.75) is 32.7 Å². The summed E-state index contributed by atoms with van der Waals surface area (Å²) in [5, 5.41) is 0. The molecule has 0 spiro atoms. The standard InChI is InChI=1S/C9H17N/c1-5(2)8-6-3-4-7(6)9(8)10/h5-9H,3-4,10H2,1-2H3/t6?,7-,8+,9+/m1/s1. The van der Waals surface area contributed by atoms with Crippen molar-refractivity contribution >= 4 is 0 Å². The Hall–Kier alpha value is -0.0400. The molecule has 2 saturated carbocycles. The van der Waals surface area contributed by atoms with E-state index in [0.717, 1.165) is 23.7 Å². The number of fused-ring (bicyclic) bond motifs is 1. The highest BCUT2D eigenvalue weighted by molar-refractivity contribution is 5.06. The van der Waals surface area contributed by atoms with E-state index < -0.39 is 0 Å². The van der Waals surface area contributed by atoms with Crippen molar-refractivity contribution in [3.8, 4) is 0 Å². The van der Waals surface area contributed by atoms with Gasteiger partial charge in [-0.25, -0.2) is 0 Å². The van der Waals surface area contributed by atoms with Gasteiger partial charge in [-0.2, -0.15) is 0 Å². The molecule has 1 heteroatoms. The summed E-state index contributed by atoms with van der Waals surface area (Å²) in [6.07, 6.45) is 2.87. The average Bonchev–Trinajstić information content (AvgIpc) is 1.79. The van der Waals surface area contributed by atoms with Crippen molar-refractivity contribution in [3.63, 3.8) is 0 Å². The van der Waals surface area contributed by atoms with Gasteiger partial charge >= 0.3 is 0 Å². The second kappa shape index (κ2) is 1.97. The van der Waals surface area contributed by atoms with Crippen molar-refractivity contribution in [3.05, 3.63) is 0 Å². The Kier molecular flexibility index (Phi) is 1.31. The Morgan fingerprint density at radius 1 is 1.20 bits per heavy atom. The SMILES string of the molecule is CC(C)[C@H]1C2CC[C@H]2[C@@H]1N. The van der Waals surface area contributed by atoms with Crippen LogP contribution in [-0.2, 0) is 0 Å². The topological polar surface area (TPSA) is 26.0 Å². The maximum absolute atomic E-state index is 6.01. The smallest absolute Gasteiger partial charge is 0.0104 e. The first kappa shape index (κ1) is 6.66. The normalized spacial score (nSPS) is 51.6. The highest BCUT2D eigenvalue weighted by Gasteiger charge is 2.54. The third kappa shape index (κ3) is 0.619. The molecule has 2 fully saturated rings. The predicted octanol–water partition coefficient (Wildman–Crippen LogP) is 1.63. The maximum atomic E-state index is 6.01. The average molecular weight is 139 g/mol. The Bertz CT molecular complexity index is 136. The molecule has 1 nitrogen and oxygen atoms in total. The fourth-order valence-corrected chi connectivity index (χ4v) is 2.87. The molecule has 0 aliphatic heterocycles. The van der Waals surface area contributed by atoms with Gasteiger partial charge in [0.05, 0.1) is 0 Å². The summed E-state index contributed by atoms with van der Waals surface area (Å²) in [6, 6.07) is 0.554. The van der Waals surface area contributed by atoms with Crippen molar-refractivity contribution in [1.82, 2.24) is 0 Å². The van der Waals surface area contributed by atoms with Gasteiger partial charge in [0.25, 0.3) is 0 Å². The zero-order valence-corrected chi connectivity index (χ0v) is 6.88. The summed E-state index contributed by atoms with van der Waals surface area (Å²) in [5.74, 6) is 3.62. The van der Waals surface area contributed by atoms with Crippen LogP contribution in [0.2, 0.25) is 0 Å². The van der Waals surface area contributed by atoms with Crippen LogP contribution in [0.1, 0.15) is 26.7 Å². The van der Waals surface area contributed by atoms with E-state index in [0.29, 0.717) is 6.04 Å². The van der Waals surface area contributed by atoms with Crippen LogP contribution in [0.3, 0.4) is 0 Å². The van der Waals surface area contributed by atoms with Gasteiger partial charge in [-0.3, -0.25) is 0 Å². The molecule has 4 atom stereocenters. The van der Waals surface area contributed by atoms with Gasteiger partial charge in [-0.15, -0.1) is 0 Å². The van der Waals surface area contributed by atoms with E-state index in [4.69, 9.17) is 5.73 Å². The second-order valence-corrected chi connectivity index (χ2v) is 4.30. The summed E-state index contributed by atoms with van der Waals surface area (Å²) in [5.41, 5.74) is 6.01. The van der Waals surface area contributed by atoms with Gasteiger partial charge in [0, 0.05) is 6.04 Å². The zero-order chi connectivity index (χ0) is 7.30. The molecule has 2 aliphatic rings. The molecule has 0 bridgehead atoms. The molecule has 2 aliphatic carbocycles. The van der Waals surface area contributed by atoms with Crippen LogP contribution in [0.25, 0.3) is 0 Å². The zero-order valence-electron chi connectivity index (χ0n) is 6.88. The summed E-state index contributed by atoms with van der Waals surface area (Å²) >= 11 is 0. The highest BCUT2D eigenvalue weighted by atomic mass is 14.8. The lowest BCUT2D eigenvalue weighted by atomic mass is 9.48. The summed E-state index contributed by atoms with van der Waals surface area (Å²) in [4.78, 5) is 0. The van der Waals surface area contributed by atoms with E-state index >= 15 is 0 Å². The number of nitrogens with two attached hydrogens (primary N) is 1. The first-order chi connectivity index (χ1) is 4.72. The molecule has 58 valence electrons. The van der Waals surface area contributed by atoms with E-state index in [9.17, 15) is 0 Å². The van der Waals surface area contributed by atoms with Gasteiger partial charge in [0.1, 0.15) is 0 Å². The van der Waals surface area contributed by atoms with Gasteiger partial charge < -0.3 is 5.73 Å². The number of hydrogen-bond acceptors (Lipinski definition) is 1. The lowest BCUT2D eigenvalue weighted by Crippen LogP contribution is -2.62. The van der Waals surface area contributed by atoms with Crippen molar-refractivity contribution in [2.24, 2.45) is 29.4 Å². The van der Waals surface area contributed by atoms with E-state index in [2.05, 4.69) is 13.8 Å². The fraction of sp³-hybridized carbons (Fsp3) is 1.00. The molecule has 2 N–H and O–H groups in total. The van der Waals surface area contributed by atoms with Crippen LogP contribution in [0.4, 0.5) is 0 Å². The minimum Gasteiger partial charge on any atom is -0.327 e. The Morgan fingerprint density at radius 3 is 2.00 bits per heavy atom. The summed E-state index contributed by atoms with van der Waals surface area (Å²) in [7, 11) is 0.